The lowest BCUT2D eigenvalue weighted by molar-refractivity contribution is -0.124. The Bertz CT molecular complexity index is 218. The Morgan fingerprint density at radius 3 is 2.69 bits per heavy atom. The van der Waals surface area contributed by atoms with Gasteiger partial charge in [0, 0.05) is 12.6 Å². The fourth-order valence-electron chi connectivity index (χ4n) is 0.872. The van der Waals surface area contributed by atoms with Crippen molar-refractivity contribution >= 4 is 5.78 Å². The third-order valence-electron chi connectivity index (χ3n) is 1.41. The molecule has 0 aromatic heterocycles. The van der Waals surface area contributed by atoms with Crippen molar-refractivity contribution in [2.24, 2.45) is 0 Å². The highest BCUT2D eigenvalue weighted by molar-refractivity contribution is 5.93. The minimum atomic E-state index is -4.45. The average Bonchev–Trinajstić information content (AvgIpc) is 2.50. The maximum absolute atomic E-state index is 11.6. The molecule has 74 valence electrons. The van der Waals surface area contributed by atoms with Crippen LogP contribution >= 0.6 is 0 Å². The van der Waals surface area contributed by atoms with Gasteiger partial charge in [-0.25, -0.2) is 0 Å². The van der Waals surface area contributed by atoms with Gasteiger partial charge in [-0.1, -0.05) is 0 Å². The van der Waals surface area contributed by atoms with E-state index in [-0.39, 0.29) is 6.08 Å². The Balaban J connectivity index is 2.44. The third kappa shape index (κ3) is 3.56. The Morgan fingerprint density at radius 2 is 2.23 bits per heavy atom. The van der Waals surface area contributed by atoms with Crippen LogP contribution in [0.15, 0.2) is 12.2 Å². The molecule has 1 aliphatic heterocycles. The first kappa shape index (κ1) is 10.2. The number of ketones is 1. The van der Waals surface area contributed by atoms with E-state index in [1.807, 2.05) is 0 Å². The van der Waals surface area contributed by atoms with Gasteiger partial charge in [0.05, 0.1) is 6.61 Å². The van der Waals surface area contributed by atoms with Crippen molar-refractivity contribution in [1.82, 2.24) is 5.32 Å². The molecule has 1 unspecified atom stereocenters. The van der Waals surface area contributed by atoms with E-state index in [2.05, 4.69) is 5.32 Å². The molecule has 0 spiro atoms. The summed E-state index contributed by atoms with van der Waals surface area (Å²) in [6, 6.07) is 0. The van der Waals surface area contributed by atoms with E-state index in [0.717, 1.165) is 0 Å². The number of hydrogen-bond donors (Lipinski definition) is 1. The van der Waals surface area contributed by atoms with Crippen LogP contribution in [0.1, 0.15) is 0 Å². The SMILES string of the molecule is O=C(/C=C/C(F)(F)F)C1NCCO1. The summed E-state index contributed by atoms with van der Waals surface area (Å²) in [6.45, 7) is 0.826. The first-order valence-corrected chi connectivity index (χ1v) is 3.64. The zero-order valence-corrected chi connectivity index (χ0v) is 6.60. The molecule has 0 saturated carbocycles. The summed E-state index contributed by atoms with van der Waals surface area (Å²) in [4.78, 5) is 10.9. The summed E-state index contributed by atoms with van der Waals surface area (Å²) >= 11 is 0. The second-order valence-electron chi connectivity index (χ2n) is 2.48. The summed E-state index contributed by atoms with van der Waals surface area (Å²) in [5, 5.41) is 2.60. The number of allylic oxidation sites excluding steroid dienone is 1. The van der Waals surface area contributed by atoms with E-state index in [4.69, 9.17) is 4.74 Å². The van der Waals surface area contributed by atoms with Gasteiger partial charge in [0.15, 0.2) is 12.0 Å². The van der Waals surface area contributed by atoms with E-state index >= 15 is 0 Å². The number of ether oxygens (including phenoxy) is 1. The van der Waals surface area contributed by atoms with Crippen LogP contribution in [0.4, 0.5) is 13.2 Å². The number of carbonyl (C=O) groups excluding carboxylic acids is 1. The molecule has 0 radical (unpaired) electrons. The maximum Gasteiger partial charge on any atom is 0.409 e. The molecule has 1 rings (SSSR count). The van der Waals surface area contributed by atoms with Gasteiger partial charge < -0.3 is 4.74 Å². The summed E-state index contributed by atoms with van der Waals surface area (Å²) in [6.07, 6.45) is -4.99. The molecule has 0 bridgehead atoms. The van der Waals surface area contributed by atoms with E-state index in [1.54, 1.807) is 0 Å². The van der Waals surface area contributed by atoms with Gasteiger partial charge in [-0.15, -0.1) is 0 Å². The Morgan fingerprint density at radius 1 is 1.54 bits per heavy atom. The molecule has 1 atom stereocenters. The van der Waals surface area contributed by atoms with Crippen molar-refractivity contribution in [3.63, 3.8) is 0 Å². The summed E-state index contributed by atoms with van der Waals surface area (Å²) in [5.41, 5.74) is 0. The molecule has 0 aromatic carbocycles. The van der Waals surface area contributed by atoms with Crippen molar-refractivity contribution in [3.8, 4) is 0 Å². The molecule has 6 heteroatoms. The maximum atomic E-state index is 11.6. The van der Waals surface area contributed by atoms with Gasteiger partial charge in [0.2, 0.25) is 0 Å². The van der Waals surface area contributed by atoms with Crippen molar-refractivity contribution in [2.75, 3.05) is 13.2 Å². The van der Waals surface area contributed by atoms with Crippen LogP contribution in [0.25, 0.3) is 0 Å². The predicted molar refractivity (Wildman–Crippen MR) is 37.9 cm³/mol. The lowest BCUT2D eigenvalue weighted by Crippen LogP contribution is -2.30. The van der Waals surface area contributed by atoms with E-state index < -0.39 is 18.2 Å². The van der Waals surface area contributed by atoms with Crippen LogP contribution in [-0.2, 0) is 9.53 Å². The molecule has 0 aromatic rings. The average molecular weight is 195 g/mol. The fraction of sp³-hybridized carbons (Fsp3) is 0.571. The monoisotopic (exact) mass is 195 g/mol. The van der Waals surface area contributed by atoms with Gasteiger partial charge in [-0.2, -0.15) is 13.2 Å². The number of alkyl halides is 3. The van der Waals surface area contributed by atoms with Crippen molar-refractivity contribution < 1.29 is 22.7 Å². The van der Waals surface area contributed by atoms with Crippen LogP contribution in [-0.4, -0.2) is 31.3 Å². The zero-order valence-electron chi connectivity index (χ0n) is 6.60. The lowest BCUT2D eigenvalue weighted by atomic mass is 10.3. The van der Waals surface area contributed by atoms with Gasteiger partial charge >= 0.3 is 6.18 Å². The molecule has 1 fully saturated rings. The van der Waals surface area contributed by atoms with Crippen molar-refractivity contribution in [2.45, 2.75) is 12.4 Å². The number of hydrogen-bond acceptors (Lipinski definition) is 3. The Kier molecular flexibility index (Phi) is 3.05. The Labute approximate surface area is 72.6 Å². The fourth-order valence-corrected chi connectivity index (χ4v) is 0.872. The zero-order chi connectivity index (χ0) is 9.90. The highest BCUT2D eigenvalue weighted by Crippen LogP contribution is 2.16. The van der Waals surface area contributed by atoms with Crippen LogP contribution in [0.2, 0.25) is 0 Å². The second-order valence-corrected chi connectivity index (χ2v) is 2.48. The molecule has 1 aliphatic rings. The first-order valence-electron chi connectivity index (χ1n) is 3.64. The van der Waals surface area contributed by atoms with Crippen LogP contribution in [0.5, 0.6) is 0 Å². The predicted octanol–water partition coefficient (Wildman–Crippen LogP) is 0.620. The highest BCUT2D eigenvalue weighted by atomic mass is 19.4. The highest BCUT2D eigenvalue weighted by Gasteiger charge is 2.25. The molecule has 1 saturated heterocycles. The molecule has 0 amide bonds. The van der Waals surface area contributed by atoms with Crippen molar-refractivity contribution in [1.29, 1.82) is 0 Å². The summed E-state index contributed by atoms with van der Waals surface area (Å²) in [5.74, 6) is -0.713. The standard InChI is InChI=1S/C7H8F3NO2/c8-7(9,10)2-1-5(12)6-11-3-4-13-6/h1-2,6,11H,3-4H2/b2-1+. The normalized spacial score (nSPS) is 24.1. The van der Waals surface area contributed by atoms with E-state index in [9.17, 15) is 18.0 Å². The van der Waals surface area contributed by atoms with E-state index in [1.165, 1.54) is 0 Å². The smallest absolute Gasteiger partial charge is 0.354 e. The van der Waals surface area contributed by atoms with Crippen LogP contribution < -0.4 is 5.32 Å². The molecule has 1 heterocycles. The van der Waals surface area contributed by atoms with E-state index in [0.29, 0.717) is 19.2 Å². The summed E-state index contributed by atoms with van der Waals surface area (Å²) in [7, 11) is 0. The number of rotatable bonds is 2. The Hall–Kier alpha value is -0.880. The molecular formula is C7H8F3NO2. The molecule has 1 N–H and O–H groups in total. The lowest BCUT2D eigenvalue weighted by Gasteiger charge is -2.04. The number of nitrogens with one attached hydrogen (secondary N) is 1. The van der Waals surface area contributed by atoms with Crippen LogP contribution in [0, 0.1) is 0 Å². The molecule has 13 heavy (non-hydrogen) atoms. The third-order valence-corrected chi connectivity index (χ3v) is 1.41. The van der Waals surface area contributed by atoms with Gasteiger partial charge in [-0.05, 0) is 6.08 Å². The first-order chi connectivity index (χ1) is 5.99. The van der Waals surface area contributed by atoms with Gasteiger partial charge in [-0.3, -0.25) is 10.1 Å². The number of halogens is 3. The molecule has 3 nitrogen and oxygen atoms in total. The number of carbonyl (C=O) groups is 1. The van der Waals surface area contributed by atoms with Crippen LogP contribution in [0.3, 0.4) is 0 Å². The molecular weight excluding hydrogens is 187 g/mol. The second kappa shape index (κ2) is 3.89. The van der Waals surface area contributed by atoms with Gasteiger partial charge in [0.25, 0.3) is 0 Å². The minimum absolute atomic E-state index is 0.0985. The molecule has 0 aliphatic carbocycles. The van der Waals surface area contributed by atoms with Crippen molar-refractivity contribution in [3.05, 3.63) is 12.2 Å². The summed E-state index contributed by atoms with van der Waals surface area (Å²) < 4.78 is 39.6. The van der Waals surface area contributed by atoms with Gasteiger partial charge in [0.1, 0.15) is 0 Å². The topological polar surface area (TPSA) is 38.3 Å². The largest absolute Gasteiger partial charge is 0.409 e. The minimum Gasteiger partial charge on any atom is -0.354 e. The quantitative estimate of drug-likeness (QED) is 0.656.